The number of alkyl halides is 3. The van der Waals surface area contributed by atoms with E-state index in [2.05, 4.69) is 10.3 Å². The number of carbonyl (C=O) groups excluding carboxylic acids is 3. The molecule has 2 fully saturated rings. The Morgan fingerprint density at radius 3 is 2.26 bits per heavy atom. The lowest BCUT2D eigenvalue weighted by Crippen LogP contribution is -2.39. The number of anilines is 3. The predicted molar refractivity (Wildman–Crippen MR) is 130 cm³/mol. The van der Waals surface area contributed by atoms with Crippen LogP contribution in [0.2, 0.25) is 0 Å². The van der Waals surface area contributed by atoms with Gasteiger partial charge in [-0.1, -0.05) is 25.1 Å². The van der Waals surface area contributed by atoms with Crippen molar-refractivity contribution in [3.8, 4) is 0 Å². The molecule has 1 aliphatic carbocycles. The van der Waals surface area contributed by atoms with Crippen LogP contribution in [0.4, 0.5) is 35.0 Å². The molecule has 3 aromatic rings. The van der Waals surface area contributed by atoms with Crippen molar-refractivity contribution in [3.63, 3.8) is 0 Å². The highest BCUT2D eigenvalue weighted by Crippen LogP contribution is 2.56. The van der Waals surface area contributed by atoms with Crippen molar-refractivity contribution >= 4 is 44.7 Å². The number of hydrogen-bond acceptors (Lipinski definition) is 6. The molecule has 2 unspecified atom stereocenters. The van der Waals surface area contributed by atoms with E-state index in [1.165, 1.54) is 23.4 Å². The minimum atomic E-state index is -5.60. The maximum Gasteiger partial charge on any atom is 0.501 e. The van der Waals surface area contributed by atoms with Crippen molar-refractivity contribution in [2.24, 2.45) is 5.92 Å². The van der Waals surface area contributed by atoms with E-state index in [1.54, 1.807) is 37.3 Å². The number of halogens is 3. The molecule has 0 bridgehead atoms. The number of imide groups is 1. The lowest BCUT2D eigenvalue weighted by Gasteiger charge is -2.24. The van der Waals surface area contributed by atoms with Gasteiger partial charge in [0, 0.05) is 11.8 Å². The van der Waals surface area contributed by atoms with Crippen LogP contribution in [0.25, 0.3) is 0 Å². The summed E-state index contributed by atoms with van der Waals surface area (Å²) in [6.45, 7) is 1.77. The molecule has 1 N–H and O–H groups in total. The third kappa shape index (κ3) is 3.81. The third-order valence-electron chi connectivity index (χ3n) is 6.66. The van der Waals surface area contributed by atoms with Gasteiger partial charge in [0.15, 0.2) is 0 Å². The largest absolute Gasteiger partial charge is 0.501 e. The monoisotopic (exact) mass is 544 g/mol. The molecule has 0 radical (unpaired) electrons. The molecule has 1 saturated carbocycles. The van der Waals surface area contributed by atoms with Crippen LogP contribution in [-0.2, 0) is 14.6 Å². The van der Waals surface area contributed by atoms with Crippen LogP contribution in [0.15, 0.2) is 78.0 Å². The Bertz CT molecular complexity index is 1560. The summed E-state index contributed by atoms with van der Waals surface area (Å²) in [6.07, 6.45) is 3.04. The minimum absolute atomic E-state index is 0.0916. The van der Waals surface area contributed by atoms with Crippen molar-refractivity contribution in [3.05, 3.63) is 78.6 Å². The normalized spacial score (nSPS) is 21.2. The lowest BCUT2D eigenvalue weighted by atomic mass is 10.1. The second-order valence-electron chi connectivity index (χ2n) is 8.94. The van der Waals surface area contributed by atoms with Gasteiger partial charge in [0.1, 0.15) is 5.54 Å². The SMILES string of the molecule is CC1CC12C(=O)N(c1ccc(S(=O)(=O)C(F)(F)F)cc1)C(=O)N2c1ccncc1NC(=O)c1ccccc1. The van der Waals surface area contributed by atoms with Crippen LogP contribution in [0.3, 0.4) is 0 Å². The third-order valence-corrected chi connectivity index (χ3v) is 8.16. The Hall–Kier alpha value is -4.26. The maximum absolute atomic E-state index is 13.7. The van der Waals surface area contributed by atoms with E-state index < -0.39 is 43.6 Å². The minimum Gasteiger partial charge on any atom is -0.319 e. The summed E-state index contributed by atoms with van der Waals surface area (Å²) in [6, 6.07) is 12.3. The predicted octanol–water partition coefficient (Wildman–Crippen LogP) is 4.38. The molecule has 1 aliphatic heterocycles. The molecule has 2 heterocycles. The average molecular weight is 545 g/mol. The maximum atomic E-state index is 13.7. The van der Waals surface area contributed by atoms with Crippen LogP contribution in [0, 0.1) is 5.92 Å². The van der Waals surface area contributed by atoms with Crippen LogP contribution in [-0.4, -0.2) is 42.3 Å². The average Bonchev–Trinajstić information content (AvgIpc) is 3.50. The summed E-state index contributed by atoms with van der Waals surface area (Å²) in [5.74, 6) is -1.34. The Balaban J connectivity index is 1.51. The topological polar surface area (TPSA) is 117 Å². The van der Waals surface area contributed by atoms with Gasteiger partial charge in [-0.15, -0.1) is 0 Å². The van der Waals surface area contributed by atoms with Crippen molar-refractivity contribution in [2.75, 3.05) is 15.1 Å². The van der Waals surface area contributed by atoms with E-state index in [9.17, 15) is 36.0 Å². The van der Waals surface area contributed by atoms with E-state index in [-0.39, 0.29) is 23.0 Å². The number of carbonyl (C=O) groups is 3. The van der Waals surface area contributed by atoms with Gasteiger partial charge in [-0.2, -0.15) is 13.2 Å². The molecular weight excluding hydrogens is 525 g/mol. The van der Waals surface area contributed by atoms with E-state index in [0.717, 1.165) is 17.0 Å². The molecule has 4 amide bonds. The standard InChI is InChI=1S/C25H19F3N4O5S/c1-15-13-24(15)22(34)31(17-7-9-18(10-8-17)38(36,37)25(26,27)28)23(35)32(24)20-11-12-29-14-19(20)30-21(33)16-5-3-2-4-6-16/h2-12,14-15H,13H2,1H3,(H,30,33). The fourth-order valence-electron chi connectivity index (χ4n) is 4.58. The smallest absolute Gasteiger partial charge is 0.319 e. The summed E-state index contributed by atoms with van der Waals surface area (Å²) >= 11 is 0. The van der Waals surface area contributed by atoms with E-state index in [4.69, 9.17) is 0 Å². The van der Waals surface area contributed by atoms with Gasteiger partial charge in [-0.3, -0.25) is 19.5 Å². The molecule has 2 aromatic carbocycles. The molecule has 5 rings (SSSR count). The number of sulfone groups is 1. The highest BCUT2D eigenvalue weighted by molar-refractivity contribution is 7.92. The quantitative estimate of drug-likeness (QED) is 0.477. The zero-order valence-corrected chi connectivity index (χ0v) is 20.5. The van der Waals surface area contributed by atoms with Crippen molar-refractivity contribution in [1.82, 2.24) is 4.98 Å². The molecule has 38 heavy (non-hydrogen) atoms. The van der Waals surface area contributed by atoms with Gasteiger partial charge < -0.3 is 5.32 Å². The van der Waals surface area contributed by atoms with Crippen molar-refractivity contribution < 1.29 is 36.0 Å². The Kier molecular flexibility index (Phi) is 5.78. The molecule has 1 aromatic heterocycles. The number of nitrogens with one attached hydrogen (secondary N) is 1. The Morgan fingerprint density at radius 2 is 1.68 bits per heavy atom. The van der Waals surface area contributed by atoms with Gasteiger partial charge in [0.25, 0.3) is 21.7 Å². The number of aromatic nitrogens is 1. The van der Waals surface area contributed by atoms with E-state index in [0.29, 0.717) is 24.1 Å². The number of hydrogen-bond donors (Lipinski definition) is 1. The lowest BCUT2D eigenvalue weighted by molar-refractivity contribution is -0.119. The number of nitrogens with zero attached hydrogens (tertiary/aromatic N) is 3. The summed E-state index contributed by atoms with van der Waals surface area (Å²) in [7, 11) is -5.60. The first-order chi connectivity index (χ1) is 17.9. The Morgan fingerprint density at radius 1 is 1.05 bits per heavy atom. The summed E-state index contributed by atoms with van der Waals surface area (Å²) in [5, 5.41) is 2.71. The van der Waals surface area contributed by atoms with Gasteiger partial charge >= 0.3 is 11.5 Å². The van der Waals surface area contributed by atoms with Crippen molar-refractivity contribution in [1.29, 1.82) is 0 Å². The van der Waals surface area contributed by atoms with Crippen LogP contribution in [0.5, 0.6) is 0 Å². The van der Waals surface area contributed by atoms with E-state index in [1.807, 2.05) is 0 Å². The van der Waals surface area contributed by atoms with Crippen LogP contribution in [0.1, 0.15) is 23.7 Å². The summed E-state index contributed by atoms with van der Waals surface area (Å²) < 4.78 is 62.2. The molecule has 9 nitrogen and oxygen atoms in total. The fourth-order valence-corrected chi connectivity index (χ4v) is 5.34. The summed E-state index contributed by atoms with van der Waals surface area (Å²) in [5.41, 5.74) is -6.12. The molecule has 2 aliphatic rings. The van der Waals surface area contributed by atoms with Crippen molar-refractivity contribution in [2.45, 2.75) is 29.3 Å². The van der Waals surface area contributed by atoms with Gasteiger partial charge in [0.05, 0.1) is 28.2 Å². The number of amides is 4. The number of rotatable bonds is 5. The molecule has 196 valence electrons. The molecule has 1 saturated heterocycles. The first-order valence-electron chi connectivity index (χ1n) is 11.3. The van der Waals surface area contributed by atoms with Crippen LogP contribution >= 0.6 is 0 Å². The molecule has 13 heteroatoms. The number of benzene rings is 2. The highest BCUT2D eigenvalue weighted by Gasteiger charge is 2.71. The second kappa shape index (κ2) is 8.65. The fraction of sp³-hybridized carbons (Fsp3) is 0.200. The first kappa shape index (κ1) is 25.4. The first-order valence-corrected chi connectivity index (χ1v) is 12.8. The number of pyridine rings is 1. The summed E-state index contributed by atoms with van der Waals surface area (Å²) in [4.78, 5) is 45.1. The zero-order valence-electron chi connectivity index (χ0n) is 19.6. The molecule has 2 atom stereocenters. The van der Waals surface area contributed by atoms with Gasteiger partial charge in [-0.25, -0.2) is 18.1 Å². The van der Waals surface area contributed by atoms with Gasteiger partial charge in [0.2, 0.25) is 0 Å². The highest BCUT2D eigenvalue weighted by atomic mass is 32.2. The molecular formula is C25H19F3N4O5S. The molecule has 1 spiro atoms. The zero-order chi connectivity index (χ0) is 27.5. The Labute approximate surface area is 214 Å². The van der Waals surface area contributed by atoms with E-state index >= 15 is 0 Å². The van der Waals surface area contributed by atoms with Crippen LogP contribution < -0.4 is 15.1 Å². The second-order valence-corrected chi connectivity index (χ2v) is 10.9. The van der Waals surface area contributed by atoms with Gasteiger partial charge in [-0.05, 0) is 54.8 Å². The number of urea groups is 1.